The van der Waals surface area contributed by atoms with Crippen LogP contribution in [0.5, 0.6) is 0 Å². The zero-order chi connectivity index (χ0) is 12.4. The molecule has 0 bridgehead atoms. The fourth-order valence-electron chi connectivity index (χ4n) is 1.59. The predicted octanol–water partition coefficient (Wildman–Crippen LogP) is 3.49. The van der Waals surface area contributed by atoms with E-state index in [1.807, 2.05) is 24.3 Å². The summed E-state index contributed by atoms with van der Waals surface area (Å²) in [6, 6.07) is 7.73. The molecule has 4 heteroatoms. The summed E-state index contributed by atoms with van der Waals surface area (Å²) in [6.07, 6.45) is 2.87. The monoisotopic (exact) mass is 291 g/mol. The maximum Gasteiger partial charge on any atom is 0.328 e. The van der Waals surface area contributed by atoms with Crippen molar-refractivity contribution >= 4 is 38.4 Å². The Morgan fingerprint density at radius 1 is 1.41 bits per heavy atom. The third kappa shape index (κ3) is 2.71. The number of pyridine rings is 1. The van der Waals surface area contributed by atoms with Crippen molar-refractivity contribution in [3.8, 4) is 0 Å². The van der Waals surface area contributed by atoms with E-state index >= 15 is 0 Å². The first kappa shape index (κ1) is 11.8. The highest BCUT2D eigenvalue weighted by molar-refractivity contribution is 9.10. The van der Waals surface area contributed by atoms with Crippen LogP contribution in [0.15, 0.2) is 41.0 Å². The van der Waals surface area contributed by atoms with Crippen LogP contribution in [0.1, 0.15) is 12.5 Å². The van der Waals surface area contributed by atoms with Crippen LogP contribution >= 0.6 is 15.9 Å². The zero-order valence-electron chi connectivity index (χ0n) is 9.14. The number of nitrogens with zero attached hydrogens (tertiary/aromatic N) is 1. The number of carboxylic acids is 1. The number of aliphatic carboxylic acids is 1. The molecule has 17 heavy (non-hydrogen) atoms. The van der Waals surface area contributed by atoms with Gasteiger partial charge in [0.1, 0.15) is 0 Å². The van der Waals surface area contributed by atoms with Crippen molar-refractivity contribution in [2.45, 2.75) is 6.92 Å². The third-order valence-corrected chi connectivity index (χ3v) is 2.93. The fourth-order valence-corrected chi connectivity index (χ4v) is 1.97. The molecule has 0 aliphatic heterocycles. The minimum atomic E-state index is -0.947. The average Bonchev–Trinajstić information content (AvgIpc) is 2.27. The normalized spacial score (nSPS) is 11.8. The SMILES string of the molecule is C/C(=C\C(=O)O)c1cnc2ccc(Br)cc2c1. The largest absolute Gasteiger partial charge is 0.478 e. The number of fused-ring (bicyclic) bond motifs is 1. The Labute approximate surface area is 107 Å². The Hall–Kier alpha value is -1.68. The molecule has 0 aliphatic rings. The van der Waals surface area contributed by atoms with E-state index in [0.717, 1.165) is 20.9 Å². The molecule has 0 unspecified atom stereocenters. The predicted molar refractivity (Wildman–Crippen MR) is 70.7 cm³/mol. The topological polar surface area (TPSA) is 50.2 Å². The van der Waals surface area contributed by atoms with E-state index in [1.54, 1.807) is 13.1 Å². The maximum atomic E-state index is 10.6. The van der Waals surface area contributed by atoms with Gasteiger partial charge in [0.25, 0.3) is 0 Å². The number of benzene rings is 1. The van der Waals surface area contributed by atoms with Gasteiger partial charge in [-0.3, -0.25) is 4.98 Å². The van der Waals surface area contributed by atoms with Crippen LogP contribution in [0.25, 0.3) is 16.5 Å². The van der Waals surface area contributed by atoms with Crippen molar-refractivity contribution in [2.24, 2.45) is 0 Å². The number of rotatable bonds is 2. The van der Waals surface area contributed by atoms with E-state index in [0.29, 0.717) is 5.57 Å². The van der Waals surface area contributed by atoms with Crippen LogP contribution < -0.4 is 0 Å². The molecule has 0 atom stereocenters. The first-order valence-electron chi connectivity index (χ1n) is 5.03. The van der Waals surface area contributed by atoms with Gasteiger partial charge in [-0.05, 0) is 42.3 Å². The molecule has 0 radical (unpaired) electrons. The number of allylic oxidation sites excluding steroid dienone is 1. The van der Waals surface area contributed by atoms with Gasteiger partial charge in [0.2, 0.25) is 0 Å². The van der Waals surface area contributed by atoms with Crippen molar-refractivity contribution in [2.75, 3.05) is 0 Å². The van der Waals surface area contributed by atoms with Crippen LogP contribution in [0.4, 0.5) is 0 Å². The molecule has 86 valence electrons. The molecule has 3 nitrogen and oxygen atoms in total. The van der Waals surface area contributed by atoms with Gasteiger partial charge < -0.3 is 5.11 Å². The van der Waals surface area contributed by atoms with Gasteiger partial charge in [-0.2, -0.15) is 0 Å². The van der Waals surface area contributed by atoms with Crippen LogP contribution in [0.3, 0.4) is 0 Å². The summed E-state index contributed by atoms with van der Waals surface area (Å²) in [5, 5.41) is 9.68. The molecule has 2 rings (SSSR count). The lowest BCUT2D eigenvalue weighted by Crippen LogP contribution is -1.91. The molecule has 2 aromatic rings. The van der Waals surface area contributed by atoms with Crippen LogP contribution in [-0.2, 0) is 4.79 Å². The molecule has 1 aromatic carbocycles. The van der Waals surface area contributed by atoms with Crippen molar-refractivity contribution in [3.05, 3.63) is 46.6 Å². The van der Waals surface area contributed by atoms with Gasteiger partial charge in [0.05, 0.1) is 5.52 Å². The molecule has 1 aromatic heterocycles. The van der Waals surface area contributed by atoms with Crippen LogP contribution in [0.2, 0.25) is 0 Å². The van der Waals surface area contributed by atoms with Crippen molar-refractivity contribution in [1.82, 2.24) is 4.98 Å². The van der Waals surface area contributed by atoms with Gasteiger partial charge in [-0.1, -0.05) is 15.9 Å². The lowest BCUT2D eigenvalue weighted by Gasteiger charge is -2.03. The van der Waals surface area contributed by atoms with Crippen molar-refractivity contribution in [1.29, 1.82) is 0 Å². The first-order chi connectivity index (χ1) is 8.06. The smallest absolute Gasteiger partial charge is 0.328 e. The van der Waals surface area contributed by atoms with E-state index in [1.165, 1.54) is 6.08 Å². The first-order valence-corrected chi connectivity index (χ1v) is 5.82. The van der Waals surface area contributed by atoms with Gasteiger partial charge in [-0.15, -0.1) is 0 Å². The van der Waals surface area contributed by atoms with Gasteiger partial charge in [0.15, 0.2) is 0 Å². The average molecular weight is 292 g/mol. The second-order valence-corrected chi connectivity index (χ2v) is 4.64. The molecule has 0 saturated heterocycles. The lowest BCUT2D eigenvalue weighted by molar-refractivity contribution is -0.131. The standard InChI is InChI=1S/C13H10BrNO2/c1-8(4-13(16)17)10-5-9-6-11(14)2-3-12(9)15-7-10/h2-7H,1H3,(H,16,17)/b8-4+. The number of carbonyl (C=O) groups is 1. The van der Waals surface area contributed by atoms with Crippen molar-refractivity contribution in [3.63, 3.8) is 0 Å². The number of aromatic nitrogens is 1. The highest BCUT2D eigenvalue weighted by atomic mass is 79.9. The van der Waals surface area contributed by atoms with E-state index in [9.17, 15) is 4.79 Å². The molecule has 0 saturated carbocycles. The summed E-state index contributed by atoms with van der Waals surface area (Å²) >= 11 is 3.40. The highest BCUT2D eigenvalue weighted by Gasteiger charge is 2.02. The second-order valence-electron chi connectivity index (χ2n) is 3.73. The molecule has 0 amide bonds. The highest BCUT2D eigenvalue weighted by Crippen LogP contribution is 2.22. The van der Waals surface area contributed by atoms with E-state index < -0.39 is 5.97 Å². The van der Waals surface area contributed by atoms with Crippen molar-refractivity contribution < 1.29 is 9.90 Å². The maximum absolute atomic E-state index is 10.6. The Kier molecular flexibility index (Phi) is 3.24. The fraction of sp³-hybridized carbons (Fsp3) is 0.0769. The summed E-state index contributed by atoms with van der Waals surface area (Å²) < 4.78 is 0.976. The molecule has 1 N–H and O–H groups in total. The van der Waals surface area contributed by atoms with Gasteiger partial charge in [-0.25, -0.2) is 4.79 Å². The molecule has 0 aliphatic carbocycles. The second kappa shape index (κ2) is 4.67. The van der Waals surface area contributed by atoms with Crippen LogP contribution in [0, 0.1) is 0 Å². The molecule has 1 heterocycles. The summed E-state index contributed by atoms with van der Waals surface area (Å²) in [5.74, 6) is -0.947. The Balaban J connectivity index is 2.54. The Morgan fingerprint density at radius 3 is 2.88 bits per heavy atom. The third-order valence-electron chi connectivity index (χ3n) is 2.44. The van der Waals surface area contributed by atoms with E-state index in [-0.39, 0.29) is 0 Å². The molecule has 0 spiro atoms. The molecular weight excluding hydrogens is 282 g/mol. The minimum absolute atomic E-state index is 0.687. The number of halogens is 1. The Morgan fingerprint density at radius 2 is 2.18 bits per heavy atom. The summed E-state index contributed by atoms with van der Waals surface area (Å²) in [6.45, 7) is 1.76. The number of hydrogen-bond donors (Lipinski definition) is 1. The quantitative estimate of drug-likeness (QED) is 0.862. The van der Waals surface area contributed by atoms with E-state index in [4.69, 9.17) is 5.11 Å². The summed E-state index contributed by atoms with van der Waals surface area (Å²) in [5.41, 5.74) is 2.39. The van der Waals surface area contributed by atoms with Gasteiger partial charge >= 0.3 is 5.97 Å². The van der Waals surface area contributed by atoms with Crippen LogP contribution in [-0.4, -0.2) is 16.1 Å². The molecule has 0 fully saturated rings. The number of hydrogen-bond acceptors (Lipinski definition) is 2. The van der Waals surface area contributed by atoms with E-state index in [2.05, 4.69) is 20.9 Å². The van der Waals surface area contributed by atoms with Gasteiger partial charge in [0, 0.05) is 22.1 Å². The minimum Gasteiger partial charge on any atom is -0.478 e. The summed E-state index contributed by atoms with van der Waals surface area (Å²) in [4.78, 5) is 14.9. The lowest BCUT2D eigenvalue weighted by atomic mass is 10.1. The zero-order valence-corrected chi connectivity index (χ0v) is 10.7. The number of carboxylic acid groups (broad SMARTS) is 1. The summed E-state index contributed by atoms with van der Waals surface area (Å²) in [7, 11) is 0. The molecular formula is C13H10BrNO2. The Bertz CT molecular complexity index is 620.